The van der Waals surface area contributed by atoms with Crippen molar-refractivity contribution >= 4 is 5.96 Å². The van der Waals surface area contributed by atoms with Gasteiger partial charge in [0.1, 0.15) is 0 Å². The van der Waals surface area contributed by atoms with E-state index in [4.69, 9.17) is 9.73 Å². The summed E-state index contributed by atoms with van der Waals surface area (Å²) in [6.07, 6.45) is 4.11. The average Bonchev–Trinajstić information content (AvgIpc) is 3.40. The van der Waals surface area contributed by atoms with Gasteiger partial charge in [0.2, 0.25) is 0 Å². The van der Waals surface area contributed by atoms with Gasteiger partial charge in [0.25, 0.3) is 0 Å². The smallest absolute Gasteiger partial charge is 0.191 e. The van der Waals surface area contributed by atoms with Crippen molar-refractivity contribution in [1.82, 2.24) is 15.5 Å². The van der Waals surface area contributed by atoms with Crippen LogP contribution in [0.25, 0.3) is 0 Å². The van der Waals surface area contributed by atoms with Gasteiger partial charge in [-0.05, 0) is 50.6 Å². The molecule has 6 heteroatoms. The normalized spacial score (nSPS) is 25.4. The van der Waals surface area contributed by atoms with Gasteiger partial charge in [-0.1, -0.05) is 30.3 Å². The molecule has 0 radical (unpaired) electrons. The number of nitrogens with zero attached hydrogens (tertiary/aromatic N) is 2. The molecular formula is C23H38N4O2. The highest BCUT2D eigenvalue weighted by molar-refractivity contribution is 5.79. The Labute approximate surface area is 175 Å². The molecule has 0 amide bonds. The van der Waals surface area contributed by atoms with Gasteiger partial charge >= 0.3 is 0 Å². The van der Waals surface area contributed by atoms with Crippen LogP contribution in [0.2, 0.25) is 0 Å². The van der Waals surface area contributed by atoms with Crippen molar-refractivity contribution in [3.63, 3.8) is 0 Å². The number of benzene rings is 1. The number of hydrogen-bond acceptors (Lipinski definition) is 4. The predicted molar refractivity (Wildman–Crippen MR) is 118 cm³/mol. The zero-order chi connectivity index (χ0) is 20.4. The Kier molecular flexibility index (Phi) is 8.77. The third kappa shape index (κ3) is 6.98. The third-order valence-electron chi connectivity index (χ3n) is 6.23. The van der Waals surface area contributed by atoms with E-state index in [1.165, 1.54) is 18.5 Å². The first-order valence-corrected chi connectivity index (χ1v) is 11.2. The summed E-state index contributed by atoms with van der Waals surface area (Å²) in [5.41, 5.74) is 1.42. The Hall–Kier alpha value is -1.63. The molecule has 0 aromatic heterocycles. The number of likely N-dealkylation sites (tertiary alicyclic amines) is 1. The zero-order valence-electron chi connectivity index (χ0n) is 17.9. The van der Waals surface area contributed by atoms with Gasteiger partial charge in [0, 0.05) is 44.8 Å². The number of rotatable bonds is 10. The van der Waals surface area contributed by atoms with E-state index < -0.39 is 0 Å². The van der Waals surface area contributed by atoms with Gasteiger partial charge in [0.05, 0.1) is 13.2 Å². The van der Waals surface area contributed by atoms with E-state index in [0.29, 0.717) is 19.1 Å². The predicted octanol–water partition coefficient (Wildman–Crippen LogP) is 1.90. The molecule has 3 rings (SSSR count). The zero-order valence-corrected chi connectivity index (χ0v) is 17.9. The van der Waals surface area contributed by atoms with Crippen molar-refractivity contribution in [2.75, 3.05) is 59.1 Å². The van der Waals surface area contributed by atoms with Gasteiger partial charge in [-0.2, -0.15) is 0 Å². The molecule has 2 fully saturated rings. The van der Waals surface area contributed by atoms with E-state index >= 15 is 0 Å². The second-order valence-corrected chi connectivity index (χ2v) is 8.54. The molecule has 29 heavy (non-hydrogen) atoms. The third-order valence-corrected chi connectivity index (χ3v) is 6.23. The summed E-state index contributed by atoms with van der Waals surface area (Å²) >= 11 is 0. The molecule has 0 aliphatic carbocycles. The van der Waals surface area contributed by atoms with Crippen molar-refractivity contribution in [2.24, 2.45) is 16.3 Å². The lowest BCUT2D eigenvalue weighted by Gasteiger charge is -2.25. The Balaban J connectivity index is 1.43. The minimum absolute atomic E-state index is 0.00129. The molecule has 2 aliphatic heterocycles. The summed E-state index contributed by atoms with van der Waals surface area (Å²) in [4.78, 5) is 7.41. The van der Waals surface area contributed by atoms with E-state index in [0.717, 1.165) is 58.0 Å². The highest BCUT2D eigenvalue weighted by Gasteiger charge is 2.34. The van der Waals surface area contributed by atoms with Gasteiger partial charge in [-0.25, -0.2) is 0 Å². The highest BCUT2D eigenvalue weighted by Crippen LogP contribution is 2.32. The molecule has 1 aromatic carbocycles. The van der Waals surface area contributed by atoms with Crippen LogP contribution in [0.3, 0.4) is 0 Å². The minimum atomic E-state index is -0.00129. The lowest BCUT2D eigenvalue weighted by Crippen LogP contribution is -2.41. The highest BCUT2D eigenvalue weighted by atomic mass is 16.5. The van der Waals surface area contributed by atoms with Gasteiger partial charge in [0.15, 0.2) is 5.96 Å². The molecule has 2 aliphatic rings. The van der Waals surface area contributed by atoms with Gasteiger partial charge in [-0.3, -0.25) is 4.99 Å². The van der Waals surface area contributed by atoms with E-state index in [2.05, 4.69) is 52.8 Å². The number of aliphatic hydroxyl groups excluding tert-OH is 1. The maximum atomic E-state index is 9.41. The molecule has 162 valence electrons. The number of ether oxygens (including phenoxy) is 1. The van der Waals surface area contributed by atoms with Crippen LogP contribution in [0.15, 0.2) is 35.3 Å². The SMILES string of the molecule is CCNC(=NCC1(CCO)CCOC1)NCC1CCN(CCc2ccccc2)C1. The molecule has 6 nitrogen and oxygen atoms in total. The van der Waals surface area contributed by atoms with E-state index in [9.17, 15) is 5.11 Å². The van der Waals surface area contributed by atoms with Crippen molar-refractivity contribution < 1.29 is 9.84 Å². The number of guanidine groups is 1. The lowest BCUT2D eigenvalue weighted by atomic mass is 9.84. The largest absolute Gasteiger partial charge is 0.396 e. The second kappa shape index (κ2) is 11.5. The van der Waals surface area contributed by atoms with Crippen LogP contribution < -0.4 is 10.6 Å². The molecule has 2 atom stereocenters. The first-order chi connectivity index (χ1) is 14.2. The van der Waals surface area contributed by atoms with Crippen LogP contribution in [0.4, 0.5) is 0 Å². The molecule has 0 saturated carbocycles. The van der Waals surface area contributed by atoms with Crippen LogP contribution in [0.1, 0.15) is 31.7 Å². The van der Waals surface area contributed by atoms with E-state index in [-0.39, 0.29) is 12.0 Å². The molecule has 1 aromatic rings. The Bertz CT molecular complexity index is 617. The van der Waals surface area contributed by atoms with Crippen LogP contribution in [-0.2, 0) is 11.2 Å². The summed E-state index contributed by atoms with van der Waals surface area (Å²) in [6.45, 7) is 9.76. The first kappa shape index (κ1) is 22.1. The summed E-state index contributed by atoms with van der Waals surface area (Å²) in [5.74, 6) is 1.55. The van der Waals surface area contributed by atoms with Crippen LogP contribution in [0, 0.1) is 11.3 Å². The lowest BCUT2D eigenvalue weighted by molar-refractivity contribution is 0.131. The summed E-state index contributed by atoms with van der Waals surface area (Å²) in [7, 11) is 0. The van der Waals surface area contributed by atoms with Gasteiger partial charge < -0.3 is 25.4 Å². The maximum Gasteiger partial charge on any atom is 0.191 e. The van der Waals surface area contributed by atoms with Crippen molar-refractivity contribution in [3.05, 3.63) is 35.9 Å². The fourth-order valence-electron chi connectivity index (χ4n) is 4.33. The quantitative estimate of drug-likeness (QED) is 0.412. The Morgan fingerprint density at radius 1 is 1.31 bits per heavy atom. The first-order valence-electron chi connectivity index (χ1n) is 11.2. The van der Waals surface area contributed by atoms with Crippen molar-refractivity contribution in [3.8, 4) is 0 Å². The summed E-state index contributed by atoms with van der Waals surface area (Å²) in [6, 6.07) is 10.8. The van der Waals surface area contributed by atoms with E-state index in [1.807, 2.05) is 0 Å². The molecule has 3 N–H and O–H groups in total. The number of aliphatic hydroxyl groups is 1. The molecule has 0 bridgehead atoms. The molecule has 2 saturated heterocycles. The molecule has 2 heterocycles. The van der Waals surface area contributed by atoms with Crippen LogP contribution in [-0.4, -0.2) is 75.1 Å². The second-order valence-electron chi connectivity index (χ2n) is 8.54. The average molecular weight is 403 g/mol. The number of hydrogen-bond donors (Lipinski definition) is 3. The van der Waals surface area contributed by atoms with Crippen molar-refractivity contribution in [2.45, 2.75) is 32.6 Å². The van der Waals surface area contributed by atoms with Crippen molar-refractivity contribution in [1.29, 1.82) is 0 Å². The molecule has 2 unspecified atom stereocenters. The Morgan fingerprint density at radius 2 is 2.17 bits per heavy atom. The molecule has 0 spiro atoms. The minimum Gasteiger partial charge on any atom is -0.396 e. The van der Waals surface area contributed by atoms with E-state index in [1.54, 1.807) is 0 Å². The Morgan fingerprint density at radius 3 is 2.90 bits per heavy atom. The topological polar surface area (TPSA) is 69.1 Å². The number of aliphatic imine (C=N–C) groups is 1. The molecular weight excluding hydrogens is 364 g/mol. The van der Waals surface area contributed by atoms with Crippen LogP contribution >= 0.6 is 0 Å². The van der Waals surface area contributed by atoms with Crippen LogP contribution in [0.5, 0.6) is 0 Å². The summed E-state index contributed by atoms with van der Waals surface area (Å²) in [5, 5.41) is 16.3. The maximum absolute atomic E-state index is 9.41. The monoisotopic (exact) mass is 402 g/mol. The van der Waals surface area contributed by atoms with Gasteiger partial charge in [-0.15, -0.1) is 0 Å². The summed E-state index contributed by atoms with van der Waals surface area (Å²) < 4.78 is 5.59. The standard InChI is InChI=1S/C23H38N4O2/c1-2-24-22(26-18-23(10-14-28)11-15-29-19-23)25-16-21-9-13-27(17-21)12-8-20-6-4-3-5-7-20/h3-7,21,28H,2,8-19H2,1H3,(H2,24,25,26). The number of nitrogens with one attached hydrogen (secondary N) is 2. The fourth-order valence-corrected chi connectivity index (χ4v) is 4.33. The fraction of sp³-hybridized carbons (Fsp3) is 0.696.